The molecule has 3 heteroatoms. The number of carbonyl (C=O) groups excluding carboxylic acids is 1. The van der Waals surface area contributed by atoms with Gasteiger partial charge < -0.3 is 10.8 Å². The highest BCUT2D eigenvalue weighted by molar-refractivity contribution is 5.98. The zero-order valence-electron chi connectivity index (χ0n) is 16.4. The molecule has 4 aliphatic carbocycles. The van der Waals surface area contributed by atoms with E-state index in [1.165, 1.54) is 32.1 Å². The van der Waals surface area contributed by atoms with E-state index in [9.17, 15) is 9.90 Å². The fraction of sp³-hybridized carbons (Fsp3) is 0.346. The number of amides is 1. The van der Waals surface area contributed by atoms with Crippen molar-refractivity contribution < 1.29 is 9.90 Å². The second kappa shape index (κ2) is 5.85. The second-order valence-corrected chi connectivity index (χ2v) is 9.62. The monoisotopic (exact) mass is 383 g/mol. The van der Waals surface area contributed by atoms with E-state index in [1.54, 1.807) is 6.07 Å². The summed E-state index contributed by atoms with van der Waals surface area (Å²) in [4.78, 5) is 11.4. The van der Waals surface area contributed by atoms with Crippen molar-refractivity contribution in [2.24, 2.45) is 23.5 Å². The maximum absolute atomic E-state index is 11.4. The van der Waals surface area contributed by atoms with Crippen LogP contribution < -0.4 is 5.73 Å². The lowest BCUT2D eigenvalue weighted by atomic mass is 9.65. The van der Waals surface area contributed by atoms with Gasteiger partial charge in [-0.1, -0.05) is 24.3 Å². The molecule has 3 nitrogen and oxygen atoms in total. The Kier molecular flexibility index (Phi) is 3.45. The fourth-order valence-corrected chi connectivity index (χ4v) is 6.86. The van der Waals surface area contributed by atoms with Crippen LogP contribution in [0.4, 0.5) is 0 Å². The van der Waals surface area contributed by atoms with Gasteiger partial charge in [-0.2, -0.15) is 0 Å². The van der Waals surface area contributed by atoms with Crippen molar-refractivity contribution in [3.8, 4) is 16.9 Å². The largest absolute Gasteiger partial charge is 0.508 e. The fourth-order valence-electron chi connectivity index (χ4n) is 6.86. The van der Waals surface area contributed by atoms with E-state index in [0.29, 0.717) is 11.3 Å². The number of hydrogen-bond acceptors (Lipinski definition) is 2. The first-order chi connectivity index (χ1) is 14.0. The summed E-state index contributed by atoms with van der Waals surface area (Å²) >= 11 is 0. The van der Waals surface area contributed by atoms with Gasteiger partial charge in [0.05, 0.1) is 0 Å². The summed E-state index contributed by atoms with van der Waals surface area (Å²) in [7, 11) is 0. The van der Waals surface area contributed by atoms with Crippen LogP contribution in [0.15, 0.2) is 54.6 Å². The molecule has 4 saturated carbocycles. The van der Waals surface area contributed by atoms with Gasteiger partial charge in [0.1, 0.15) is 5.75 Å². The van der Waals surface area contributed by atoms with E-state index in [2.05, 4.69) is 18.2 Å². The quantitative estimate of drug-likeness (QED) is 0.637. The molecule has 2 atom stereocenters. The van der Waals surface area contributed by atoms with E-state index in [-0.39, 0.29) is 5.41 Å². The van der Waals surface area contributed by atoms with Gasteiger partial charge in [0, 0.05) is 11.1 Å². The van der Waals surface area contributed by atoms with Crippen LogP contribution in [-0.4, -0.2) is 11.0 Å². The number of rotatable bonds is 3. The van der Waals surface area contributed by atoms with Crippen molar-refractivity contribution in [2.45, 2.75) is 37.5 Å². The molecule has 1 amide bonds. The lowest BCUT2D eigenvalue weighted by Gasteiger charge is -2.39. The Morgan fingerprint density at radius 1 is 0.862 bits per heavy atom. The Hall–Kier alpha value is -2.81. The molecular formula is C26H25NO2. The van der Waals surface area contributed by atoms with E-state index >= 15 is 0 Å². The molecule has 3 N–H and O–H groups in total. The van der Waals surface area contributed by atoms with Crippen LogP contribution >= 0.6 is 0 Å². The molecule has 0 aliphatic heterocycles. The van der Waals surface area contributed by atoms with Gasteiger partial charge in [0.2, 0.25) is 5.91 Å². The molecule has 29 heavy (non-hydrogen) atoms. The molecule has 0 heterocycles. The molecule has 146 valence electrons. The summed E-state index contributed by atoms with van der Waals surface area (Å²) in [5.74, 6) is 2.66. The van der Waals surface area contributed by atoms with Gasteiger partial charge in [-0.05, 0) is 108 Å². The van der Waals surface area contributed by atoms with Crippen molar-refractivity contribution in [2.75, 3.05) is 0 Å². The van der Waals surface area contributed by atoms with E-state index < -0.39 is 5.91 Å². The highest BCUT2D eigenvalue weighted by Crippen LogP contribution is 2.65. The minimum absolute atomic E-state index is 0.184. The summed E-state index contributed by atoms with van der Waals surface area (Å²) in [5, 5.41) is 12.9. The summed E-state index contributed by atoms with van der Waals surface area (Å²) in [5.41, 5.74) is 9.57. The van der Waals surface area contributed by atoms with Gasteiger partial charge in [0.25, 0.3) is 0 Å². The lowest BCUT2D eigenvalue weighted by Crippen LogP contribution is -2.31. The number of aromatic hydroxyl groups is 1. The van der Waals surface area contributed by atoms with Crippen LogP contribution in [0.3, 0.4) is 0 Å². The van der Waals surface area contributed by atoms with Gasteiger partial charge in [0.15, 0.2) is 0 Å². The number of nitrogens with two attached hydrogens (primary N) is 1. The molecule has 4 fully saturated rings. The Morgan fingerprint density at radius 3 is 2.24 bits per heavy atom. The predicted octanol–water partition coefficient (Wildman–Crippen LogP) is 5.39. The minimum Gasteiger partial charge on any atom is -0.508 e. The predicted molar refractivity (Wildman–Crippen MR) is 115 cm³/mol. The third kappa shape index (κ3) is 2.53. The SMILES string of the molecule is NC(=O)c1ccc2cc(-c3ccc(O)c(C45CC6CC(C4)C(C6)C5)c3)ccc2c1. The highest BCUT2D eigenvalue weighted by Gasteiger charge is 2.57. The normalized spacial score (nSPS) is 29.6. The van der Waals surface area contributed by atoms with Crippen molar-refractivity contribution in [1.29, 1.82) is 0 Å². The molecule has 3 aromatic carbocycles. The topological polar surface area (TPSA) is 63.3 Å². The maximum Gasteiger partial charge on any atom is 0.248 e. The van der Waals surface area contributed by atoms with Gasteiger partial charge >= 0.3 is 0 Å². The summed E-state index contributed by atoms with van der Waals surface area (Å²) in [6.07, 6.45) is 6.55. The van der Waals surface area contributed by atoms with Gasteiger partial charge in [-0.3, -0.25) is 4.79 Å². The average Bonchev–Trinajstić information content (AvgIpc) is 3.14. The van der Waals surface area contributed by atoms with E-state index in [4.69, 9.17) is 5.73 Å². The molecule has 2 unspecified atom stereocenters. The molecule has 4 aliphatic rings. The van der Waals surface area contributed by atoms with Crippen molar-refractivity contribution in [3.63, 3.8) is 0 Å². The molecular weight excluding hydrogens is 358 g/mol. The minimum atomic E-state index is -0.404. The Morgan fingerprint density at radius 2 is 1.52 bits per heavy atom. The number of phenols is 1. The van der Waals surface area contributed by atoms with Crippen LogP contribution in [0.25, 0.3) is 21.9 Å². The lowest BCUT2D eigenvalue weighted by molar-refractivity contribution is 0.100. The first-order valence-corrected chi connectivity index (χ1v) is 10.7. The number of hydrogen-bond donors (Lipinski definition) is 2. The van der Waals surface area contributed by atoms with Gasteiger partial charge in [-0.25, -0.2) is 0 Å². The number of primary amides is 1. The standard InChI is InChI=1S/C26H25NO2/c27-25(29)20-4-3-16-9-17(1-2-18(16)10-20)19-5-6-24(28)23(11-19)26-12-15-7-21(13-26)22(8-15)14-26/h1-6,9-11,15,21-22,28H,7-8,12-14H2,(H2,27,29). The van der Waals surface area contributed by atoms with Crippen LogP contribution in [-0.2, 0) is 5.41 Å². The van der Waals surface area contributed by atoms with Crippen LogP contribution in [0.5, 0.6) is 5.75 Å². The number of fused-ring (bicyclic) bond motifs is 1. The summed E-state index contributed by atoms with van der Waals surface area (Å²) < 4.78 is 0. The number of phenolic OH excluding ortho intramolecular Hbond substituents is 1. The first kappa shape index (κ1) is 17.1. The van der Waals surface area contributed by atoms with Gasteiger partial charge in [-0.15, -0.1) is 0 Å². The van der Waals surface area contributed by atoms with Crippen molar-refractivity contribution in [3.05, 3.63) is 65.7 Å². The first-order valence-electron chi connectivity index (χ1n) is 10.7. The number of benzene rings is 3. The van der Waals surface area contributed by atoms with Crippen molar-refractivity contribution >= 4 is 16.7 Å². The molecule has 7 rings (SSSR count). The van der Waals surface area contributed by atoms with Crippen molar-refractivity contribution in [1.82, 2.24) is 0 Å². The number of carbonyl (C=O) groups is 1. The third-order valence-electron chi connectivity index (χ3n) is 7.95. The summed E-state index contributed by atoms with van der Waals surface area (Å²) in [6, 6.07) is 18.0. The average molecular weight is 383 g/mol. The van der Waals surface area contributed by atoms with Crippen LogP contribution in [0.1, 0.15) is 48.0 Å². The molecule has 0 aromatic heterocycles. The molecule has 3 aromatic rings. The zero-order valence-corrected chi connectivity index (χ0v) is 16.4. The highest BCUT2D eigenvalue weighted by atomic mass is 16.3. The van der Waals surface area contributed by atoms with E-state index in [1.807, 2.05) is 30.3 Å². The second-order valence-electron chi connectivity index (χ2n) is 9.62. The molecule has 0 radical (unpaired) electrons. The van der Waals surface area contributed by atoms with E-state index in [0.717, 1.165) is 45.2 Å². The molecule has 0 saturated heterocycles. The third-order valence-corrected chi connectivity index (χ3v) is 7.95. The summed E-state index contributed by atoms with van der Waals surface area (Å²) in [6.45, 7) is 0. The van der Waals surface area contributed by atoms with Crippen LogP contribution in [0, 0.1) is 17.8 Å². The Balaban J connectivity index is 1.41. The van der Waals surface area contributed by atoms with Crippen LogP contribution in [0.2, 0.25) is 0 Å². The Bertz CT molecular complexity index is 1150. The molecule has 4 bridgehead atoms. The maximum atomic E-state index is 11.4. The Labute approximate surface area is 170 Å². The molecule has 0 spiro atoms. The zero-order chi connectivity index (χ0) is 19.8. The smallest absolute Gasteiger partial charge is 0.248 e.